The summed E-state index contributed by atoms with van der Waals surface area (Å²) >= 11 is 0. The smallest absolute Gasteiger partial charge is 0.456 e. The minimum atomic E-state index is -4.46. The summed E-state index contributed by atoms with van der Waals surface area (Å²) in [5.41, 5.74) is 0. The van der Waals surface area contributed by atoms with Gasteiger partial charge in [0.05, 0.1) is 33.8 Å². The molecule has 0 rings (SSSR count). The molecule has 0 aliphatic carbocycles. The molecule has 0 bridgehead atoms. The minimum Gasteiger partial charge on any atom is -0.456 e. The van der Waals surface area contributed by atoms with Crippen molar-refractivity contribution in [2.45, 2.75) is 245 Å². The number of nitrogens with one attached hydrogen (secondary N) is 1. The normalized spacial score (nSPS) is 14.5. The van der Waals surface area contributed by atoms with Crippen molar-refractivity contribution in [3.8, 4) is 0 Å². The van der Waals surface area contributed by atoms with Gasteiger partial charge in [0.15, 0.2) is 0 Å². The lowest BCUT2D eigenvalue weighted by atomic mass is 10.1. The minimum absolute atomic E-state index is 0.0278. The number of carbonyl (C=O) groups excluding carboxylic acids is 2. The molecule has 0 aromatic heterocycles. The summed E-state index contributed by atoms with van der Waals surface area (Å²) in [7, 11) is 1.46. The van der Waals surface area contributed by atoms with Gasteiger partial charge < -0.3 is 19.4 Å². The average Bonchev–Trinajstić information content (AvgIpc) is 3.36. The maximum Gasteiger partial charge on any atom is 0.472 e. The van der Waals surface area contributed by atoms with E-state index in [-0.39, 0.29) is 31.5 Å². The predicted molar refractivity (Wildman–Crippen MR) is 318 cm³/mol. The van der Waals surface area contributed by atoms with E-state index in [1.54, 1.807) is 0 Å². The van der Waals surface area contributed by atoms with E-state index in [0.717, 1.165) is 128 Å². The Morgan fingerprint density at radius 1 is 0.486 bits per heavy atom. The van der Waals surface area contributed by atoms with Gasteiger partial charge in [-0.3, -0.25) is 18.6 Å². The van der Waals surface area contributed by atoms with E-state index in [0.29, 0.717) is 23.9 Å². The van der Waals surface area contributed by atoms with Crippen LogP contribution in [0.4, 0.5) is 0 Å². The molecule has 10 heteroatoms. The fourth-order valence-corrected chi connectivity index (χ4v) is 8.66. The standard InChI is InChI=1S/C64H111N2O7P/c1-7-10-13-16-19-22-25-27-29-30-31-32-33-34-35-36-37-38-41-44-47-50-53-56-63(67)65-61(60-72-74(69,70)71-59-58-66(4,5)6)62(55-52-49-46-43-40-24-21-18-15-12-9-3)73-64(68)57-54-51-48-45-42-39-28-26-23-20-17-14-11-8-2/h10-11,13-14,19-20,22-23,27,29,31-32,34-35,37-38,52,55,61-62H,7-9,12,15-18,21,24-26,28,30,33,36,39-51,53-54,56-60H2,1-6H3,(H-,65,67,69,70)/p+1/b13-10-,14-11+,22-19-,23-20+,29-27-,32-31-,35-34-,38-37-,55-52-. The monoisotopic (exact) mass is 1050 g/mol. The molecule has 3 unspecified atom stereocenters. The number of phosphoric ester groups is 1. The molecule has 0 aromatic carbocycles. The van der Waals surface area contributed by atoms with Crippen LogP contribution in [0.1, 0.15) is 233 Å². The molecule has 424 valence electrons. The summed E-state index contributed by atoms with van der Waals surface area (Å²) in [6.45, 7) is 6.74. The molecule has 0 aromatic rings. The highest BCUT2D eigenvalue weighted by Crippen LogP contribution is 2.43. The fraction of sp³-hybridized carbons (Fsp3) is 0.688. The van der Waals surface area contributed by atoms with Crippen molar-refractivity contribution in [2.75, 3.05) is 40.9 Å². The summed E-state index contributed by atoms with van der Waals surface area (Å²) in [5, 5.41) is 3.03. The van der Waals surface area contributed by atoms with E-state index in [9.17, 15) is 19.0 Å². The van der Waals surface area contributed by atoms with E-state index in [2.05, 4.69) is 123 Å². The maximum atomic E-state index is 13.5. The van der Waals surface area contributed by atoms with Gasteiger partial charge in [-0.05, 0) is 109 Å². The van der Waals surface area contributed by atoms with Crippen LogP contribution in [-0.2, 0) is 27.9 Å². The van der Waals surface area contributed by atoms with Crippen molar-refractivity contribution in [2.24, 2.45) is 0 Å². The summed E-state index contributed by atoms with van der Waals surface area (Å²) in [5.74, 6) is -0.552. The average molecular weight is 1050 g/mol. The van der Waals surface area contributed by atoms with E-state index in [1.165, 1.54) is 64.2 Å². The Morgan fingerprint density at radius 3 is 1.30 bits per heavy atom. The Labute approximate surface area is 455 Å². The molecule has 0 aliphatic heterocycles. The molecule has 0 fully saturated rings. The van der Waals surface area contributed by atoms with Crippen molar-refractivity contribution in [1.29, 1.82) is 0 Å². The van der Waals surface area contributed by atoms with Gasteiger partial charge in [-0.2, -0.15) is 0 Å². The molecular weight excluding hydrogens is 940 g/mol. The van der Waals surface area contributed by atoms with Crippen LogP contribution in [0.15, 0.2) is 109 Å². The van der Waals surface area contributed by atoms with E-state index >= 15 is 0 Å². The fourth-order valence-electron chi connectivity index (χ4n) is 7.92. The number of hydrogen-bond donors (Lipinski definition) is 2. The summed E-state index contributed by atoms with van der Waals surface area (Å²) < 4.78 is 30.6. The van der Waals surface area contributed by atoms with Gasteiger partial charge in [-0.15, -0.1) is 0 Å². The Morgan fingerprint density at radius 2 is 0.865 bits per heavy atom. The van der Waals surface area contributed by atoms with Crippen LogP contribution < -0.4 is 5.32 Å². The van der Waals surface area contributed by atoms with Gasteiger partial charge >= 0.3 is 13.8 Å². The zero-order valence-electron chi connectivity index (χ0n) is 48.3. The van der Waals surface area contributed by atoms with Crippen molar-refractivity contribution >= 4 is 19.7 Å². The summed E-state index contributed by atoms with van der Waals surface area (Å²) in [6, 6.07) is -0.871. The van der Waals surface area contributed by atoms with Gasteiger partial charge in [-0.1, -0.05) is 220 Å². The topological polar surface area (TPSA) is 111 Å². The maximum absolute atomic E-state index is 13.5. The number of rotatable bonds is 52. The second-order valence-electron chi connectivity index (χ2n) is 20.8. The first-order chi connectivity index (χ1) is 35.9. The molecule has 9 nitrogen and oxygen atoms in total. The zero-order chi connectivity index (χ0) is 54.3. The van der Waals surface area contributed by atoms with E-state index in [4.69, 9.17) is 13.8 Å². The lowest BCUT2D eigenvalue weighted by Crippen LogP contribution is -2.47. The predicted octanol–water partition coefficient (Wildman–Crippen LogP) is 18.2. The second-order valence-corrected chi connectivity index (χ2v) is 22.2. The first-order valence-electron chi connectivity index (χ1n) is 29.7. The van der Waals surface area contributed by atoms with Crippen molar-refractivity contribution in [3.63, 3.8) is 0 Å². The number of amides is 1. The van der Waals surface area contributed by atoms with Crippen LogP contribution in [-0.4, -0.2) is 74.3 Å². The number of esters is 1. The van der Waals surface area contributed by atoms with Gasteiger partial charge in [0.1, 0.15) is 19.3 Å². The van der Waals surface area contributed by atoms with Gasteiger partial charge in [-0.25, -0.2) is 4.57 Å². The SMILES string of the molecule is CC/C=C\C/C=C\C/C=C\C/C=C\C/C=C\C/C=C\CCCCCCC(=O)NC(COP(=O)(O)OCC[N+](C)(C)C)C(/C=C\CCCCCCCCCCC)OC(=O)CCCCCCCCC/C=C/C/C=C/CC. The third-order valence-electron chi connectivity index (χ3n) is 12.5. The number of nitrogens with zero attached hydrogens (tertiary/aromatic N) is 1. The van der Waals surface area contributed by atoms with Crippen LogP contribution in [0.3, 0.4) is 0 Å². The first-order valence-corrected chi connectivity index (χ1v) is 31.2. The Hall–Kier alpha value is -3.33. The molecule has 0 heterocycles. The molecule has 0 saturated carbocycles. The summed E-state index contributed by atoms with van der Waals surface area (Å²) in [6.07, 6.45) is 72.3. The van der Waals surface area contributed by atoms with Crippen LogP contribution in [0.25, 0.3) is 0 Å². The molecule has 0 saturated heterocycles. The van der Waals surface area contributed by atoms with Gasteiger partial charge in [0, 0.05) is 12.8 Å². The zero-order valence-corrected chi connectivity index (χ0v) is 49.2. The highest BCUT2D eigenvalue weighted by atomic mass is 31.2. The van der Waals surface area contributed by atoms with Crippen LogP contribution in [0.5, 0.6) is 0 Å². The third-order valence-corrected chi connectivity index (χ3v) is 13.4. The van der Waals surface area contributed by atoms with Crippen LogP contribution >= 0.6 is 7.82 Å². The molecule has 0 spiro atoms. The molecule has 0 radical (unpaired) electrons. The third kappa shape index (κ3) is 53.5. The van der Waals surface area contributed by atoms with Gasteiger partial charge in [0.25, 0.3) is 0 Å². The number of ether oxygens (including phenoxy) is 1. The number of phosphoric acid groups is 1. The molecule has 1 amide bonds. The van der Waals surface area contributed by atoms with E-state index in [1.807, 2.05) is 33.3 Å². The largest absolute Gasteiger partial charge is 0.472 e. The highest BCUT2D eigenvalue weighted by molar-refractivity contribution is 7.47. The first kappa shape index (κ1) is 70.7. The van der Waals surface area contributed by atoms with Gasteiger partial charge in [0.2, 0.25) is 5.91 Å². The lowest BCUT2D eigenvalue weighted by molar-refractivity contribution is -0.870. The molecule has 0 aliphatic rings. The molecule has 2 N–H and O–H groups in total. The van der Waals surface area contributed by atoms with E-state index < -0.39 is 20.0 Å². The number of likely N-dealkylation sites (N-methyl/N-ethyl adjacent to an activating group) is 1. The van der Waals surface area contributed by atoms with Crippen molar-refractivity contribution in [3.05, 3.63) is 109 Å². The highest BCUT2D eigenvalue weighted by Gasteiger charge is 2.30. The van der Waals surface area contributed by atoms with Crippen molar-refractivity contribution < 1.29 is 37.3 Å². The van der Waals surface area contributed by atoms with Crippen LogP contribution in [0.2, 0.25) is 0 Å². The number of hydrogen-bond acceptors (Lipinski definition) is 6. The lowest BCUT2D eigenvalue weighted by Gasteiger charge is -2.27. The quantitative estimate of drug-likeness (QED) is 0.0205. The molecular formula is C64H112N2O7P+. The molecule has 74 heavy (non-hydrogen) atoms. The Balaban J connectivity index is 5.29. The number of unbranched alkanes of at least 4 members (excludes halogenated alkanes) is 20. The molecule has 3 atom stereocenters. The van der Waals surface area contributed by atoms with Crippen molar-refractivity contribution in [1.82, 2.24) is 5.32 Å². The second kappa shape index (κ2) is 53.1. The number of carbonyl (C=O) groups is 2. The van der Waals surface area contributed by atoms with Crippen LogP contribution in [0, 0.1) is 0 Å². The summed E-state index contributed by atoms with van der Waals surface area (Å²) in [4.78, 5) is 37.6. The Kier molecular flexibility index (Phi) is 50.7. The Bertz CT molecular complexity index is 1640. The number of quaternary nitrogens is 1. The number of allylic oxidation sites excluding steroid dienone is 17.